The molecule has 2 atom stereocenters. The third-order valence-electron chi connectivity index (χ3n) is 9.16. The smallest absolute Gasteiger partial charge is 0.318 e. The number of nitrogens with zero attached hydrogens (tertiary/aromatic N) is 7. The van der Waals surface area contributed by atoms with E-state index in [2.05, 4.69) is 82.4 Å². The number of likely N-dealkylation sites (tertiary alicyclic amines) is 1. The summed E-state index contributed by atoms with van der Waals surface area (Å²) in [5.74, 6) is 0.754. The minimum atomic E-state index is -0.222. The van der Waals surface area contributed by atoms with Gasteiger partial charge >= 0.3 is 6.01 Å². The number of amides is 1. The molecule has 3 aromatic rings. The average Bonchev–Trinajstić information content (AvgIpc) is 3.52. The molecule has 10 heteroatoms. The predicted octanol–water partition coefficient (Wildman–Crippen LogP) is 4.68. The average molecular weight is 614 g/mol. The lowest BCUT2D eigenvalue weighted by Gasteiger charge is -2.41. The van der Waals surface area contributed by atoms with Gasteiger partial charge in [0.15, 0.2) is 0 Å². The fraction of sp³-hybridized carbons (Fsp3) is 0.471. The lowest BCUT2D eigenvalue weighted by Crippen LogP contribution is -2.56. The van der Waals surface area contributed by atoms with Gasteiger partial charge in [-0.3, -0.25) is 9.69 Å². The molecule has 0 bridgehead atoms. The van der Waals surface area contributed by atoms with Crippen LogP contribution in [-0.2, 0) is 17.8 Å². The van der Waals surface area contributed by atoms with E-state index in [1.54, 1.807) is 4.90 Å². The third-order valence-corrected chi connectivity index (χ3v) is 9.16. The molecule has 2 aromatic carbocycles. The van der Waals surface area contributed by atoms with Crippen molar-refractivity contribution in [1.29, 1.82) is 0 Å². The molecule has 9 nitrogen and oxygen atoms in total. The summed E-state index contributed by atoms with van der Waals surface area (Å²) >= 11 is 0. The van der Waals surface area contributed by atoms with Crippen molar-refractivity contribution < 1.29 is 9.53 Å². The van der Waals surface area contributed by atoms with Crippen LogP contribution in [0.3, 0.4) is 0 Å². The molecule has 0 N–H and O–H groups in total. The van der Waals surface area contributed by atoms with Crippen LogP contribution in [-0.4, -0.2) is 89.7 Å². The largest absolute Gasteiger partial charge is 0.462 e. The predicted molar refractivity (Wildman–Crippen MR) is 181 cm³/mol. The molecule has 2 saturated heterocycles. The Labute approximate surface area is 267 Å². The van der Waals surface area contributed by atoms with Crippen LogP contribution >= 0.6 is 13.5 Å². The Balaban J connectivity index is 0.00000384. The molecule has 1 amide bonds. The number of piperazine rings is 1. The van der Waals surface area contributed by atoms with E-state index in [1.807, 2.05) is 0 Å². The molecule has 0 aliphatic carbocycles. The van der Waals surface area contributed by atoms with Crippen molar-refractivity contribution in [3.63, 3.8) is 0 Å². The Bertz CT molecular complexity index is 1530. The highest BCUT2D eigenvalue weighted by Crippen LogP contribution is 2.35. The lowest BCUT2D eigenvalue weighted by molar-refractivity contribution is -0.128. The maximum atomic E-state index is 12.6. The van der Waals surface area contributed by atoms with Crippen LogP contribution in [0.15, 0.2) is 55.1 Å². The number of benzene rings is 2. The fourth-order valence-electron chi connectivity index (χ4n) is 7.01. The first kappa shape index (κ1) is 31.6. The van der Waals surface area contributed by atoms with Crippen LogP contribution < -0.4 is 14.5 Å². The number of ether oxygens (including phenoxy) is 1. The van der Waals surface area contributed by atoms with Crippen LogP contribution in [0, 0.1) is 6.57 Å². The van der Waals surface area contributed by atoms with E-state index < -0.39 is 0 Å². The van der Waals surface area contributed by atoms with E-state index in [4.69, 9.17) is 21.3 Å². The highest BCUT2D eigenvalue weighted by atomic mass is 32.1. The summed E-state index contributed by atoms with van der Waals surface area (Å²) in [7, 11) is 0. The highest BCUT2D eigenvalue weighted by molar-refractivity contribution is 7.59. The second-order valence-electron chi connectivity index (χ2n) is 12.0. The van der Waals surface area contributed by atoms with Crippen molar-refractivity contribution in [3.05, 3.63) is 77.8 Å². The first-order valence-electron chi connectivity index (χ1n) is 15.5. The van der Waals surface area contributed by atoms with Gasteiger partial charge in [-0.05, 0) is 57.2 Å². The number of hydrogen-bond acceptors (Lipinski definition) is 7. The molecule has 44 heavy (non-hydrogen) atoms. The van der Waals surface area contributed by atoms with Gasteiger partial charge in [0.25, 0.3) is 0 Å². The lowest BCUT2D eigenvalue weighted by atomic mass is 10.0. The van der Waals surface area contributed by atoms with E-state index in [-0.39, 0.29) is 32.0 Å². The van der Waals surface area contributed by atoms with Gasteiger partial charge in [-0.15, -0.1) is 0 Å². The number of fused-ring (bicyclic) bond motifs is 2. The minimum Gasteiger partial charge on any atom is -0.462 e. The number of anilines is 2. The summed E-state index contributed by atoms with van der Waals surface area (Å²) in [6.45, 7) is 20.8. The summed E-state index contributed by atoms with van der Waals surface area (Å²) in [4.78, 5) is 35.2. The second-order valence-corrected chi connectivity index (χ2v) is 12.0. The van der Waals surface area contributed by atoms with Crippen molar-refractivity contribution >= 4 is 41.7 Å². The van der Waals surface area contributed by atoms with Gasteiger partial charge in [0.05, 0.1) is 12.2 Å². The SMILES string of the molecule is S.[C-]#[N+]CC1CN(c2nc(OC[C@@H]3CCCN3C(C)C)nc3c2CCN(c2cccc4ccccc24)C3)CCN1C(=O)C=C. The summed E-state index contributed by atoms with van der Waals surface area (Å²) in [6, 6.07) is 16.0. The number of hydrogen-bond donors (Lipinski definition) is 0. The Morgan fingerprint density at radius 1 is 1.09 bits per heavy atom. The van der Waals surface area contributed by atoms with E-state index >= 15 is 0 Å². The van der Waals surface area contributed by atoms with Crippen LogP contribution in [0.25, 0.3) is 15.6 Å². The molecule has 0 saturated carbocycles. The molecule has 4 heterocycles. The van der Waals surface area contributed by atoms with Crippen LogP contribution in [0.5, 0.6) is 6.01 Å². The standard InChI is InChI=1S/C34H41N7O2.H2S/c1-5-32(42)41-19-18-39(21-27(41)20-35-4)33-29-15-17-38(31-14-8-11-25-10-6-7-13-28(25)31)22-30(29)36-34(37-33)43-23-26-12-9-16-40(26)24(2)3;/h5-8,10-11,13-14,24,26-27H,1,9,12,15-23H2,2-3H3;1H2/t26-,27?;/m0./s1. The van der Waals surface area contributed by atoms with Gasteiger partial charge in [0.1, 0.15) is 18.5 Å². The van der Waals surface area contributed by atoms with Gasteiger partial charge in [0, 0.05) is 54.9 Å². The minimum absolute atomic E-state index is 0. The van der Waals surface area contributed by atoms with Crippen molar-refractivity contribution in [2.24, 2.45) is 0 Å². The number of aromatic nitrogens is 2. The van der Waals surface area contributed by atoms with Gasteiger partial charge in [-0.25, -0.2) is 6.57 Å². The summed E-state index contributed by atoms with van der Waals surface area (Å²) in [5.41, 5.74) is 3.33. The quantitative estimate of drug-likeness (QED) is 0.270. The summed E-state index contributed by atoms with van der Waals surface area (Å²) in [5, 5.41) is 2.46. The zero-order chi connectivity index (χ0) is 29.9. The highest BCUT2D eigenvalue weighted by Gasteiger charge is 2.35. The summed E-state index contributed by atoms with van der Waals surface area (Å²) in [6.07, 6.45) is 4.44. The molecule has 1 aromatic heterocycles. The molecular weight excluding hydrogens is 570 g/mol. The normalized spacial score (nSPS) is 20.3. The van der Waals surface area contributed by atoms with Gasteiger partial charge in [-0.2, -0.15) is 23.5 Å². The second kappa shape index (κ2) is 13.9. The molecule has 2 fully saturated rings. The zero-order valence-electron chi connectivity index (χ0n) is 25.8. The van der Waals surface area contributed by atoms with E-state index in [9.17, 15) is 4.79 Å². The maximum absolute atomic E-state index is 12.6. The molecule has 1 unspecified atom stereocenters. The topological polar surface area (TPSA) is 69.4 Å². The van der Waals surface area contributed by atoms with Crippen molar-refractivity contribution in [3.8, 4) is 6.01 Å². The Morgan fingerprint density at radius 3 is 2.70 bits per heavy atom. The molecule has 6 rings (SSSR count). The van der Waals surface area contributed by atoms with Crippen LogP contribution in [0.2, 0.25) is 0 Å². The van der Waals surface area contributed by atoms with Gasteiger partial charge < -0.3 is 24.3 Å². The van der Waals surface area contributed by atoms with Crippen LogP contribution in [0.4, 0.5) is 11.5 Å². The van der Waals surface area contributed by atoms with Gasteiger partial charge in [-0.1, -0.05) is 43.0 Å². The van der Waals surface area contributed by atoms with Crippen molar-refractivity contribution in [2.45, 2.75) is 57.8 Å². The first-order chi connectivity index (χ1) is 21.0. The monoisotopic (exact) mass is 613 g/mol. The van der Waals surface area contributed by atoms with E-state index in [0.29, 0.717) is 50.9 Å². The Morgan fingerprint density at radius 2 is 1.91 bits per heavy atom. The van der Waals surface area contributed by atoms with Crippen LogP contribution in [0.1, 0.15) is 37.9 Å². The van der Waals surface area contributed by atoms with Crippen molar-refractivity contribution in [1.82, 2.24) is 19.8 Å². The fourth-order valence-corrected chi connectivity index (χ4v) is 7.01. The summed E-state index contributed by atoms with van der Waals surface area (Å²) < 4.78 is 6.39. The molecular formula is C34H43N7O2S. The number of carbonyl (C=O) groups excluding carboxylic acids is 1. The molecule has 3 aliphatic rings. The third kappa shape index (κ3) is 6.35. The maximum Gasteiger partial charge on any atom is 0.318 e. The number of carbonyl (C=O) groups is 1. The molecule has 3 aliphatic heterocycles. The van der Waals surface area contributed by atoms with Crippen molar-refractivity contribution in [2.75, 3.05) is 55.7 Å². The first-order valence-corrected chi connectivity index (χ1v) is 15.5. The number of rotatable bonds is 8. The van der Waals surface area contributed by atoms with Gasteiger partial charge in [0.2, 0.25) is 12.5 Å². The van der Waals surface area contributed by atoms with E-state index in [0.717, 1.165) is 43.0 Å². The Hall–Kier alpha value is -3.81. The van der Waals surface area contributed by atoms with E-state index in [1.165, 1.54) is 29.0 Å². The molecule has 0 spiro atoms. The Kier molecular flexibility index (Phi) is 9.97. The zero-order valence-corrected chi connectivity index (χ0v) is 26.8. The molecule has 0 radical (unpaired) electrons. The molecule has 232 valence electrons.